The van der Waals surface area contributed by atoms with Gasteiger partial charge in [0.15, 0.2) is 0 Å². The summed E-state index contributed by atoms with van der Waals surface area (Å²) >= 11 is 5.94. The van der Waals surface area contributed by atoms with Crippen molar-refractivity contribution >= 4 is 29.6 Å². The van der Waals surface area contributed by atoms with Crippen LogP contribution in [0.3, 0.4) is 0 Å². The number of hydrogen-bond acceptors (Lipinski definition) is 5. The first kappa shape index (κ1) is 25.8. The topological polar surface area (TPSA) is 93.7 Å². The predicted octanol–water partition coefficient (Wildman–Crippen LogP) is 4.08. The molecule has 0 saturated carbocycles. The molecule has 0 bridgehead atoms. The summed E-state index contributed by atoms with van der Waals surface area (Å²) in [5.41, 5.74) is 2.45. The lowest BCUT2D eigenvalue weighted by Crippen LogP contribution is -2.53. The van der Waals surface area contributed by atoms with Crippen LogP contribution in [-0.4, -0.2) is 37.2 Å². The van der Waals surface area contributed by atoms with Gasteiger partial charge in [0.1, 0.15) is 18.7 Å². The monoisotopic (exact) mass is 494 g/mol. The maximum atomic E-state index is 13.2. The van der Waals surface area contributed by atoms with Crippen LogP contribution in [0.4, 0.5) is 4.79 Å². The van der Waals surface area contributed by atoms with E-state index >= 15 is 0 Å². The lowest BCUT2D eigenvalue weighted by atomic mass is 10.0. The number of halogens is 1. The predicted molar refractivity (Wildman–Crippen MR) is 133 cm³/mol. The molecule has 0 aliphatic heterocycles. The van der Waals surface area contributed by atoms with Crippen LogP contribution in [0.1, 0.15) is 16.7 Å². The Labute approximate surface area is 209 Å². The molecule has 0 fully saturated rings. The van der Waals surface area contributed by atoms with E-state index in [-0.39, 0.29) is 19.4 Å². The van der Waals surface area contributed by atoms with E-state index in [4.69, 9.17) is 21.1 Å². The molecular formula is C27H27ClN2O5. The summed E-state index contributed by atoms with van der Waals surface area (Å²) in [7, 11) is 1.25. The Balaban J connectivity index is 1.71. The molecule has 0 heterocycles. The Hall–Kier alpha value is -3.84. The lowest BCUT2D eigenvalue weighted by molar-refractivity contribution is -0.145. The number of rotatable bonds is 10. The Morgan fingerprint density at radius 1 is 0.743 bits per heavy atom. The number of benzene rings is 3. The lowest BCUT2D eigenvalue weighted by Gasteiger charge is -2.22. The SMILES string of the molecule is COC(=O)[C@@H](Cc1ccc(Cl)cc1)NC(=O)[C@H](Cc1ccccc1)NC(=O)OCc1ccccc1. The number of hydrogen-bond donors (Lipinski definition) is 2. The van der Waals surface area contributed by atoms with Crippen LogP contribution in [0, 0.1) is 0 Å². The molecule has 0 radical (unpaired) electrons. The zero-order valence-corrected chi connectivity index (χ0v) is 20.0. The molecule has 0 aliphatic rings. The number of esters is 1. The third kappa shape index (κ3) is 8.46. The Morgan fingerprint density at radius 2 is 1.29 bits per heavy atom. The van der Waals surface area contributed by atoms with E-state index in [0.717, 1.165) is 16.7 Å². The molecule has 0 aliphatic carbocycles. The van der Waals surface area contributed by atoms with Crippen LogP contribution in [0.15, 0.2) is 84.9 Å². The normalized spacial score (nSPS) is 12.2. The molecule has 3 aromatic rings. The van der Waals surface area contributed by atoms with Crippen molar-refractivity contribution in [2.75, 3.05) is 7.11 Å². The highest BCUT2D eigenvalue weighted by molar-refractivity contribution is 6.30. The first-order valence-corrected chi connectivity index (χ1v) is 11.5. The molecule has 0 aromatic heterocycles. The van der Waals surface area contributed by atoms with Gasteiger partial charge in [-0.1, -0.05) is 84.4 Å². The highest BCUT2D eigenvalue weighted by atomic mass is 35.5. The van der Waals surface area contributed by atoms with E-state index in [1.807, 2.05) is 60.7 Å². The van der Waals surface area contributed by atoms with Gasteiger partial charge in [-0.15, -0.1) is 0 Å². The average Bonchev–Trinajstić information content (AvgIpc) is 2.88. The summed E-state index contributed by atoms with van der Waals surface area (Å²) in [6, 6.07) is 23.5. The summed E-state index contributed by atoms with van der Waals surface area (Å²) in [6.07, 6.45) is -0.328. The van der Waals surface area contributed by atoms with Crippen LogP contribution in [-0.2, 0) is 38.5 Å². The molecule has 0 saturated heterocycles. The van der Waals surface area contributed by atoms with Gasteiger partial charge in [-0.25, -0.2) is 9.59 Å². The van der Waals surface area contributed by atoms with Crippen molar-refractivity contribution in [2.45, 2.75) is 31.5 Å². The van der Waals surface area contributed by atoms with E-state index in [1.54, 1.807) is 24.3 Å². The second-order valence-corrected chi connectivity index (χ2v) is 8.30. The van der Waals surface area contributed by atoms with Gasteiger partial charge in [-0.3, -0.25) is 4.79 Å². The fourth-order valence-electron chi connectivity index (χ4n) is 3.43. The number of nitrogens with one attached hydrogen (secondary N) is 2. The number of methoxy groups -OCH3 is 1. The molecule has 182 valence electrons. The molecule has 3 rings (SSSR count). The second-order valence-electron chi connectivity index (χ2n) is 7.86. The van der Waals surface area contributed by atoms with E-state index in [2.05, 4.69) is 10.6 Å². The summed E-state index contributed by atoms with van der Waals surface area (Å²) in [5, 5.41) is 5.90. The van der Waals surface area contributed by atoms with Crippen molar-refractivity contribution < 1.29 is 23.9 Å². The van der Waals surface area contributed by atoms with Crippen LogP contribution in [0.25, 0.3) is 0 Å². The third-order valence-electron chi connectivity index (χ3n) is 5.26. The summed E-state index contributed by atoms with van der Waals surface area (Å²) < 4.78 is 10.2. The molecular weight excluding hydrogens is 468 g/mol. The zero-order chi connectivity index (χ0) is 25.0. The molecule has 2 amide bonds. The van der Waals surface area contributed by atoms with Gasteiger partial charge in [-0.05, 0) is 28.8 Å². The molecule has 7 nitrogen and oxygen atoms in total. The maximum Gasteiger partial charge on any atom is 0.408 e. The minimum Gasteiger partial charge on any atom is -0.467 e. The number of amides is 2. The number of alkyl carbamates (subject to hydrolysis) is 1. The standard InChI is InChI=1S/C27H27ClN2O5/c1-34-26(32)24(17-20-12-14-22(28)15-13-20)29-25(31)23(16-19-8-4-2-5-9-19)30-27(33)35-18-21-10-6-3-7-11-21/h2-15,23-24H,16-18H2,1H3,(H,29,31)(H,30,33)/t23-,24+/m0/s1. The first-order valence-electron chi connectivity index (χ1n) is 11.1. The summed E-state index contributed by atoms with van der Waals surface area (Å²) in [4.78, 5) is 38.1. The van der Waals surface area contributed by atoms with Gasteiger partial charge in [0, 0.05) is 17.9 Å². The van der Waals surface area contributed by atoms with Gasteiger partial charge >= 0.3 is 12.1 Å². The van der Waals surface area contributed by atoms with E-state index < -0.39 is 30.1 Å². The minimum absolute atomic E-state index is 0.0632. The van der Waals surface area contributed by atoms with Crippen molar-refractivity contribution in [3.05, 3.63) is 107 Å². The van der Waals surface area contributed by atoms with Crippen molar-refractivity contribution in [3.63, 3.8) is 0 Å². The van der Waals surface area contributed by atoms with E-state index in [1.165, 1.54) is 7.11 Å². The quantitative estimate of drug-likeness (QED) is 0.414. The van der Waals surface area contributed by atoms with Crippen molar-refractivity contribution in [1.29, 1.82) is 0 Å². The largest absolute Gasteiger partial charge is 0.467 e. The smallest absolute Gasteiger partial charge is 0.408 e. The summed E-state index contributed by atoms with van der Waals surface area (Å²) in [6.45, 7) is 0.0632. The highest BCUT2D eigenvalue weighted by Gasteiger charge is 2.28. The van der Waals surface area contributed by atoms with Crippen LogP contribution < -0.4 is 10.6 Å². The van der Waals surface area contributed by atoms with Crippen molar-refractivity contribution in [1.82, 2.24) is 10.6 Å². The number of carbonyl (C=O) groups is 3. The van der Waals surface area contributed by atoms with E-state index in [0.29, 0.717) is 5.02 Å². The molecule has 35 heavy (non-hydrogen) atoms. The molecule has 0 spiro atoms. The fourth-order valence-corrected chi connectivity index (χ4v) is 3.56. The maximum absolute atomic E-state index is 13.2. The number of carbonyl (C=O) groups excluding carboxylic acids is 3. The Bertz CT molecular complexity index is 1110. The van der Waals surface area contributed by atoms with Gasteiger partial charge in [-0.2, -0.15) is 0 Å². The van der Waals surface area contributed by atoms with E-state index in [9.17, 15) is 14.4 Å². The van der Waals surface area contributed by atoms with Gasteiger partial charge in [0.05, 0.1) is 7.11 Å². The molecule has 3 aromatic carbocycles. The van der Waals surface area contributed by atoms with Crippen LogP contribution in [0.2, 0.25) is 5.02 Å². The highest BCUT2D eigenvalue weighted by Crippen LogP contribution is 2.12. The molecule has 0 unspecified atom stereocenters. The summed E-state index contributed by atoms with van der Waals surface area (Å²) in [5.74, 6) is -1.13. The van der Waals surface area contributed by atoms with Gasteiger partial charge in [0.25, 0.3) is 0 Å². The van der Waals surface area contributed by atoms with Crippen LogP contribution in [0.5, 0.6) is 0 Å². The average molecular weight is 495 g/mol. The third-order valence-corrected chi connectivity index (χ3v) is 5.51. The Morgan fingerprint density at radius 3 is 1.89 bits per heavy atom. The molecule has 8 heteroatoms. The minimum atomic E-state index is -0.974. The van der Waals surface area contributed by atoms with Crippen molar-refractivity contribution in [2.24, 2.45) is 0 Å². The molecule has 2 atom stereocenters. The molecule has 2 N–H and O–H groups in total. The fraction of sp³-hybridized carbons (Fsp3) is 0.222. The van der Waals surface area contributed by atoms with Gasteiger partial charge < -0.3 is 20.1 Å². The van der Waals surface area contributed by atoms with Crippen LogP contribution >= 0.6 is 11.6 Å². The second kappa shape index (κ2) is 13.2. The zero-order valence-electron chi connectivity index (χ0n) is 19.3. The van der Waals surface area contributed by atoms with Gasteiger partial charge in [0.2, 0.25) is 5.91 Å². The van der Waals surface area contributed by atoms with Crippen molar-refractivity contribution in [3.8, 4) is 0 Å². The Kier molecular flexibility index (Phi) is 9.69. The first-order chi connectivity index (χ1) is 16.9. The number of ether oxygens (including phenoxy) is 2.